The van der Waals surface area contributed by atoms with E-state index in [0.717, 1.165) is 26.1 Å². The minimum absolute atomic E-state index is 0.461. The molecule has 4 heteroatoms. The quantitative estimate of drug-likeness (QED) is 0.760. The number of aromatic nitrogens is 2. The van der Waals surface area contributed by atoms with E-state index in [4.69, 9.17) is 0 Å². The first kappa shape index (κ1) is 10.2. The van der Waals surface area contributed by atoms with Crippen molar-refractivity contribution in [3.63, 3.8) is 0 Å². The Morgan fingerprint density at radius 2 is 2.38 bits per heavy atom. The fourth-order valence-electron chi connectivity index (χ4n) is 2.72. The Balaban J connectivity index is 1.98. The first-order valence-corrected chi connectivity index (χ1v) is 6.09. The molecule has 0 amide bonds. The fourth-order valence-corrected chi connectivity index (χ4v) is 2.72. The van der Waals surface area contributed by atoms with Crippen LogP contribution in [-0.2, 0) is 13.0 Å². The molecule has 0 aliphatic carbocycles. The van der Waals surface area contributed by atoms with Gasteiger partial charge >= 0.3 is 0 Å². The maximum atomic E-state index is 4.51. The van der Waals surface area contributed by atoms with Gasteiger partial charge in [-0.2, -0.15) is 0 Å². The summed E-state index contributed by atoms with van der Waals surface area (Å²) in [6, 6.07) is 0.461. The predicted molar refractivity (Wildman–Crippen MR) is 62.0 cm³/mol. The van der Waals surface area contributed by atoms with Crippen LogP contribution in [0.2, 0.25) is 0 Å². The number of hydrogen-bond acceptors (Lipinski definition) is 4. The maximum Gasteiger partial charge on any atom is 0.116 e. The summed E-state index contributed by atoms with van der Waals surface area (Å²) in [4.78, 5) is 11.3. The predicted octanol–water partition coefficient (Wildman–Crippen LogP) is 0.889. The molecule has 0 bridgehead atoms. The summed E-state index contributed by atoms with van der Waals surface area (Å²) in [7, 11) is 2.17. The Morgan fingerprint density at radius 3 is 3.19 bits per heavy atom. The highest BCUT2D eigenvalue weighted by molar-refractivity contribution is 5.29. The molecule has 2 aliphatic rings. The van der Waals surface area contributed by atoms with Crippen molar-refractivity contribution in [3.8, 4) is 0 Å². The second-order valence-electron chi connectivity index (χ2n) is 4.82. The molecule has 16 heavy (non-hydrogen) atoms. The zero-order valence-electron chi connectivity index (χ0n) is 9.74. The summed E-state index contributed by atoms with van der Waals surface area (Å²) in [5, 5.41) is 3.53. The normalized spacial score (nSPS) is 25.7. The van der Waals surface area contributed by atoms with Crippen LogP contribution in [0.25, 0.3) is 0 Å². The third-order valence-electron chi connectivity index (χ3n) is 3.62. The summed E-state index contributed by atoms with van der Waals surface area (Å²) < 4.78 is 0. The van der Waals surface area contributed by atoms with Crippen molar-refractivity contribution in [3.05, 3.63) is 23.3 Å². The van der Waals surface area contributed by atoms with E-state index in [1.807, 2.05) is 0 Å². The van der Waals surface area contributed by atoms with Crippen molar-refractivity contribution in [2.24, 2.45) is 0 Å². The number of nitrogens with one attached hydrogen (secondary N) is 1. The van der Waals surface area contributed by atoms with Crippen molar-refractivity contribution in [2.45, 2.75) is 31.8 Å². The van der Waals surface area contributed by atoms with E-state index in [0.29, 0.717) is 6.04 Å². The van der Waals surface area contributed by atoms with Gasteiger partial charge in [-0.05, 0) is 26.4 Å². The van der Waals surface area contributed by atoms with Crippen molar-refractivity contribution in [1.29, 1.82) is 0 Å². The molecule has 0 spiro atoms. The molecule has 1 aromatic rings. The van der Waals surface area contributed by atoms with Gasteiger partial charge in [0.15, 0.2) is 0 Å². The number of likely N-dealkylation sites (N-methyl/N-ethyl adjacent to an activating group) is 1. The van der Waals surface area contributed by atoms with Gasteiger partial charge in [0.1, 0.15) is 6.33 Å². The first-order valence-electron chi connectivity index (χ1n) is 6.09. The van der Waals surface area contributed by atoms with E-state index >= 15 is 0 Å². The van der Waals surface area contributed by atoms with Crippen molar-refractivity contribution in [1.82, 2.24) is 20.2 Å². The average molecular weight is 218 g/mol. The first-order chi connectivity index (χ1) is 7.84. The molecule has 1 aromatic heterocycles. The summed E-state index contributed by atoms with van der Waals surface area (Å²) in [5.74, 6) is 0. The van der Waals surface area contributed by atoms with Crippen LogP contribution in [0.4, 0.5) is 0 Å². The summed E-state index contributed by atoms with van der Waals surface area (Å²) in [6.45, 7) is 3.24. The molecule has 0 radical (unpaired) electrons. The number of nitrogens with zero attached hydrogens (tertiary/aromatic N) is 3. The minimum atomic E-state index is 0.461. The van der Waals surface area contributed by atoms with Gasteiger partial charge in [0.25, 0.3) is 0 Å². The van der Waals surface area contributed by atoms with Crippen LogP contribution in [0.1, 0.15) is 35.8 Å². The van der Waals surface area contributed by atoms with Crippen LogP contribution in [0.3, 0.4) is 0 Å². The topological polar surface area (TPSA) is 41.1 Å². The second-order valence-corrected chi connectivity index (χ2v) is 4.82. The number of hydrogen-bond donors (Lipinski definition) is 1. The van der Waals surface area contributed by atoms with Crippen LogP contribution >= 0.6 is 0 Å². The Bertz CT molecular complexity index is 385. The fraction of sp³-hybridized carbons (Fsp3) is 0.667. The van der Waals surface area contributed by atoms with E-state index < -0.39 is 0 Å². The van der Waals surface area contributed by atoms with Crippen LogP contribution < -0.4 is 5.32 Å². The van der Waals surface area contributed by atoms with Gasteiger partial charge in [-0.25, -0.2) is 9.97 Å². The summed E-state index contributed by atoms with van der Waals surface area (Å²) >= 11 is 0. The molecule has 3 heterocycles. The van der Waals surface area contributed by atoms with E-state index in [1.54, 1.807) is 6.33 Å². The van der Waals surface area contributed by atoms with Gasteiger partial charge in [0.05, 0.1) is 5.69 Å². The summed E-state index contributed by atoms with van der Waals surface area (Å²) in [6.07, 6.45) is 5.28. The molecular weight excluding hydrogens is 200 g/mol. The second kappa shape index (κ2) is 4.11. The minimum Gasteiger partial charge on any atom is -0.309 e. The monoisotopic (exact) mass is 218 g/mol. The lowest BCUT2D eigenvalue weighted by Gasteiger charge is -2.27. The zero-order chi connectivity index (χ0) is 11.0. The zero-order valence-corrected chi connectivity index (χ0v) is 9.74. The van der Waals surface area contributed by atoms with Gasteiger partial charge in [-0.1, -0.05) is 0 Å². The van der Waals surface area contributed by atoms with Gasteiger partial charge in [0.2, 0.25) is 0 Å². The van der Waals surface area contributed by atoms with Crippen molar-refractivity contribution in [2.75, 3.05) is 20.1 Å². The van der Waals surface area contributed by atoms with E-state index in [9.17, 15) is 0 Å². The summed E-state index contributed by atoms with van der Waals surface area (Å²) in [5.41, 5.74) is 3.88. The Hall–Kier alpha value is -1.00. The van der Waals surface area contributed by atoms with Crippen LogP contribution in [0.15, 0.2) is 6.33 Å². The highest BCUT2D eigenvalue weighted by Gasteiger charge is 2.25. The molecule has 0 aromatic carbocycles. The molecule has 1 N–H and O–H groups in total. The highest BCUT2D eigenvalue weighted by Crippen LogP contribution is 2.27. The van der Waals surface area contributed by atoms with E-state index in [2.05, 4.69) is 27.2 Å². The Kier molecular flexibility index (Phi) is 2.61. The molecule has 3 rings (SSSR count). The Labute approximate surface area is 96.1 Å². The number of rotatable bonds is 1. The lowest BCUT2D eigenvalue weighted by Crippen LogP contribution is -2.30. The largest absolute Gasteiger partial charge is 0.309 e. The van der Waals surface area contributed by atoms with Crippen LogP contribution in [0.5, 0.6) is 0 Å². The van der Waals surface area contributed by atoms with Crippen LogP contribution in [0, 0.1) is 0 Å². The molecular formula is C12H18N4. The van der Waals surface area contributed by atoms with E-state index in [-0.39, 0.29) is 0 Å². The molecule has 1 unspecified atom stereocenters. The molecule has 1 saturated heterocycles. The third-order valence-corrected chi connectivity index (χ3v) is 3.62. The lowest BCUT2D eigenvalue weighted by molar-refractivity contribution is 0.305. The standard InChI is InChI=1S/C12H18N4/c1-16-6-4-10-9(7-16)12(15-8-14-10)11-3-2-5-13-11/h8,11,13H,2-7H2,1H3. The van der Waals surface area contributed by atoms with E-state index in [1.165, 1.54) is 29.8 Å². The molecule has 1 atom stereocenters. The smallest absolute Gasteiger partial charge is 0.116 e. The van der Waals surface area contributed by atoms with Gasteiger partial charge in [-0.15, -0.1) is 0 Å². The third kappa shape index (κ3) is 1.72. The number of fused-ring (bicyclic) bond motifs is 1. The lowest BCUT2D eigenvalue weighted by atomic mass is 9.99. The molecule has 1 fully saturated rings. The maximum absolute atomic E-state index is 4.51. The van der Waals surface area contributed by atoms with Crippen molar-refractivity contribution >= 4 is 0 Å². The molecule has 86 valence electrons. The van der Waals surface area contributed by atoms with Crippen LogP contribution in [-0.4, -0.2) is 35.0 Å². The molecule has 4 nitrogen and oxygen atoms in total. The average Bonchev–Trinajstić information content (AvgIpc) is 2.81. The van der Waals surface area contributed by atoms with Crippen molar-refractivity contribution < 1.29 is 0 Å². The Morgan fingerprint density at radius 1 is 1.44 bits per heavy atom. The molecule has 0 saturated carbocycles. The SMILES string of the molecule is CN1CCc2ncnc(C3CCCN3)c2C1. The molecule has 2 aliphatic heterocycles. The van der Waals surface area contributed by atoms with Gasteiger partial charge in [0, 0.05) is 36.8 Å². The highest BCUT2D eigenvalue weighted by atomic mass is 15.1. The van der Waals surface area contributed by atoms with Gasteiger partial charge in [-0.3, -0.25) is 0 Å². The van der Waals surface area contributed by atoms with Gasteiger partial charge < -0.3 is 10.2 Å².